The van der Waals surface area contributed by atoms with Crippen molar-refractivity contribution in [3.05, 3.63) is 75.8 Å². The summed E-state index contributed by atoms with van der Waals surface area (Å²) in [5.41, 5.74) is -0.468. The Bertz CT molecular complexity index is 1080. The van der Waals surface area contributed by atoms with E-state index in [1.54, 1.807) is 30.3 Å². The first kappa shape index (κ1) is 21.4. The van der Waals surface area contributed by atoms with Crippen LogP contribution in [0.5, 0.6) is 0 Å². The molecule has 3 amide bonds. The number of carbonyl (C=O) groups is 4. The van der Waals surface area contributed by atoms with Gasteiger partial charge in [0.2, 0.25) is 0 Å². The van der Waals surface area contributed by atoms with Crippen LogP contribution in [0, 0.1) is 22.0 Å². The molecule has 0 unspecified atom stereocenters. The quantitative estimate of drug-likeness (QED) is 0.298. The minimum Gasteiger partial charge on any atom is -0.292 e. The molecule has 9 nitrogen and oxygen atoms in total. The number of imide groups is 1. The first-order valence-electron chi connectivity index (χ1n) is 10.4. The number of carbonyl (C=O) groups excluding carboxylic acids is 4. The molecule has 4 rings (SSSR count). The highest BCUT2D eigenvalue weighted by Gasteiger charge is 2.52. The minimum absolute atomic E-state index is 0.296. The van der Waals surface area contributed by atoms with Gasteiger partial charge in [0.15, 0.2) is 5.78 Å². The van der Waals surface area contributed by atoms with Gasteiger partial charge in [-0.1, -0.05) is 55.3 Å². The van der Waals surface area contributed by atoms with Crippen molar-refractivity contribution in [2.75, 3.05) is 6.54 Å². The van der Waals surface area contributed by atoms with Gasteiger partial charge in [0.1, 0.15) is 12.1 Å². The van der Waals surface area contributed by atoms with Crippen LogP contribution in [0.4, 0.5) is 5.69 Å². The average molecular weight is 435 g/mol. The first-order valence-corrected chi connectivity index (χ1v) is 10.4. The third-order valence-electron chi connectivity index (χ3n) is 6.01. The number of hydrazine groups is 1. The van der Waals surface area contributed by atoms with E-state index in [0.717, 1.165) is 28.9 Å². The van der Waals surface area contributed by atoms with Crippen molar-refractivity contribution in [3.63, 3.8) is 0 Å². The monoisotopic (exact) mass is 435 g/mol. The summed E-state index contributed by atoms with van der Waals surface area (Å²) in [4.78, 5) is 63.4. The molecule has 1 aliphatic heterocycles. The molecule has 0 radical (unpaired) electrons. The van der Waals surface area contributed by atoms with Gasteiger partial charge in [-0.15, -0.1) is 0 Å². The fourth-order valence-electron chi connectivity index (χ4n) is 4.42. The summed E-state index contributed by atoms with van der Waals surface area (Å²) in [6.45, 7) is -0.591. The van der Waals surface area contributed by atoms with Crippen molar-refractivity contribution < 1.29 is 24.1 Å². The van der Waals surface area contributed by atoms with Crippen LogP contribution in [0.1, 0.15) is 46.4 Å². The summed E-state index contributed by atoms with van der Waals surface area (Å²) in [6, 6.07) is 13.4. The number of fused-ring (bicyclic) bond motifs is 1. The number of benzene rings is 2. The number of rotatable bonds is 6. The van der Waals surface area contributed by atoms with E-state index in [0.29, 0.717) is 18.4 Å². The van der Waals surface area contributed by atoms with E-state index >= 15 is 0 Å². The maximum atomic E-state index is 13.4. The summed E-state index contributed by atoms with van der Waals surface area (Å²) in [6.07, 6.45) is 2.67. The van der Waals surface area contributed by atoms with E-state index in [4.69, 9.17) is 0 Å². The number of hydrogen-bond acceptors (Lipinski definition) is 6. The lowest BCUT2D eigenvalue weighted by atomic mass is 9.81. The zero-order valence-electron chi connectivity index (χ0n) is 17.2. The Labute approximate surface area is 183 Å². The molecule has 164 valence electrons. The Balaban J connectivity index is 1.74. The van der Waals surface area contributed by atoms with Gasteiger partial charge in [0.25, 0.3) is 23.4 Å². The molecule has 0 N–H and O–H groups in total. The van der Waals surface area contributed by atoms with Crippen molar-refractivity contribution in [2.45, 2.75) is 25.7 Å². The number of hydrogen-bond donors (Lipinski definition) is 0. The van der Waals surface area contributed by atoms with Gasteiger partial charge >= 0.3 is 0 Å². The van der Waals surface area contributed by atoms with Crippen LogP contribution in [0.25, 0.3) is 0 Å². The fourth-order valence-corrected chi connectivity index (χ4v) is 4.42. The molecule has 1 saturated heterocycles. The Kier molecular flexibility index (Phi) is 5.81. The third-order valence-corrected chi connectivity index (χ3v) is 6.01. The topological polar surface area (TPSA) is 118 Å². The van der Waals surface area contributed by atoms with Crippen molar-refractivity contribution in [2.24, 2.45) is 11.8 Å². The minimum atomic E-state index is -0.943. The molecule has 2 aliphatic rings. The molecule has 2 atom stereocenters. The lowest BCUT2D eigenvalue weighted by Gasteiger charge is -2.30. The van der Waals surface area contributed by atoms with Crippen LogP contribution in [0.3, 0.4) is 0 Å². The lowest BCUT2D eigenvalue weighted by molar-refractivity contribution is -0.385. The van der Waals surface area contributed by atoms with E-state index in [1.807, 2.05) is 0 Å². The van der Waals surface area contributed by atoms with Crippen LogP contribution in [0.2, 0.25) is 0 Å². The molecule has 1 saturated carbocycles. The second-order valence-electron chi connectivity index (χ2n) is 7.91. The van der Waals surface area contributed by atoms with Gasteiger partial charge < -0.3 is 0 Å². The maximum absolute atomic E-state index is 13.4. The average Bonchev–Trinajstić information content (AvgIpc) is 3.07. The molecule has 0 bridgehead atoms. The molecular formula is C23H21N3O6. The van der Waals surface area contributed by atoms with Crippen molar-refractivity contribution in [1.82, 2.24) is 10.0 Å². The van der Waals surface area contributed by atoms with Crippen molar-refractivity contribution in [1.29, 1.82) is 0 Å². The van der Waals surface area contributed by atoms with Gasteiger partial charge in [0, 0.05) is 11.6 Å². The second kappa shape index (κ2) is 8.70. The zero-order chi connectivity index (χ0) is 22.8. The number of para-hydroxylation sites is 1. The van der Waals surface area contributed by atoms with Crippen LogP contribution < -0.4 is 0 Å². The Morgan fingerprint density at radius 2 is 1.50 bits per heavy atom. The Hall–Kier alpha value is -3.88. The van der Waals surface area contributed by atoms with Crippen LogP contribution in [0.15, 0.2) is 54.6 Å². The number of nitro groups is 1. The van der Waals surface area contributed by atoms with Crippen molar-refractivity contribution >= 4 is 29.2 Å². The molecule has 32 heavy (non-hydrogen) atoms. The first-order chi connectivity index (χ1) is 15.4. The molecule has 1 aliphatic carbocycles. The summed E-state index contributed by atoms with van der Waals surface area (Å²) >= 11 is 0. The Morgan fingerprint density at radius 1 is 0.938 bits per heavy atom. The third kappa shape index (κ3) is 3.77. The molecule has 0 spiro atoms. The number of ketones is 1. The molecule has 1 heterocycles. The smallest absolute Gasteiger partial charge is 0.282 e. The molecule has 2 fully saturated rings. The molecule has 2 aromatic carbocycles. The summed E-state index contributed by atoms with van der Waals surface area (Å²) in [5, 5.41) is 13.0. The van der Waals surface area contributed by atoms with E-state index in [1.165, 1.54) is 18.2 Å². The van der Waals surface area contributed by atoms with Gasteiger partial charge in [0.05, 0.1) is 16.8 Å². The SMILES string of the molecule is O=C(CN(C(=O)c1ccccc1[N+](=O)[O-])N1C(=O)[C@H]2CCCC[C@H]2C1=O)c1ccccc1. The van der Waals surface area contributed by atoms with E-state index in [-0.39, 0.29) is 5.56 Å². The van der Waals surface area contributed by atoms with Gasteiger partial charge in [-0.2, -0.15) is 5.01 Å². The highest BCUT2D eigenvalue weighted by atomic mass is 16.6. The normalized spacial score (nSPS) is 20.1. The summed E-state index contributed by atoms with van der Waals surface area (Å²) < 4.78 is 0. The molecule has 2 aromatic rings. The van der Waals surface area contributed by atoms with Gasteiger partial charge in [-0.25, -0.2) is 5.01 Å². The highest BCUT2D eigenvalue weighted by Crippen LogP contribution is 2.39. The summed E-state index contributed by atoms with van der Waals surface area (Å²) in [7, 11) is 0. The highest BCUT2D eigenvalue weighted by molar-refractivity contribution is 6.10. The predicted octanol–water partition coefficient (Wildman–Crippen LogP) is 3.01. The Morgan fingerprint density at radius 3 is 2.09 bits per heavy atom. The predicted molar refractivity (Wildman–Crippen MR) is 112 cm³/mol. The fraction of sp³-hybridized carbons (Fsp3) is 0.304. The van der Waals surface area contributed by atoms with E-state index in [2.05, 4.69) is 0 Å². The molecule has 9 heteroatoms. The van der Waals surface area contributed by atoms with Gasteiger partial charge in [-0.3, -0.25) is 29.3 Å². The van der Waals surface area contributed by atoms with E-state index < -0.39 is 52.5 Å². The second-order valence-corrected chi connectivity index (χ2v) is 7.91. The number of nitrogens with zero attached hydrogens (tertiary/aromatic N) is 3. The largest absolute Gasteiger partial charge is 0.292 e. The van der Waals surface area contributed by atoms with Crippen LogP contribution >= 0.6 is 0 Å². The van der Waals surface area contributed by atoms with Crippen LogP contribution in [-0.4, -0.2) is 45.0 Å². The van der Waals surface area contributed by atoms with Gasteiger partial charge in [-0.05, 0) is 18.9 Å². The summed E-state index contributed by atoms with van der Waals surface area (Å²) in [5.74, 6) is -3.58. The maximum Gasteiger partial charge on any atom is 0.282 e. The number of Topliss-reactive ketones (excluding diaryl/α,β-unsaturated/α-hetero) is 1. The standard InChI is InChI=1S/C23H21N3O6/c27-20(15-8-2-1-3-9-15)14-24(21(28)18-12-6-7-13-19(18)26(31)32)25-22(29)16-10-4-5-11-17(16)23(25)30/h1-3,6-9,12-13,16-17H,4-5,10-11,14H2/t16-,17+. The lowest BCUT2D eigenvalue weighted by Crippen LogP contribution is -2.52. The van der Waals surface area contributed by atoms with Crippen molar-refractivity contribution in [3.8, 4) is 0 Å². The van der Waals surface area contributed by atoms with Crippen LogP contribution in [-0.2, 0) is 9.59 Å². The number of amides is 3. The van der Waals surface area contributed by atoms with E-state index in [9.17, 15) is 29.3 Å². The molecule has 0 aromatic heterocycles. The number of nitro benzene ring substituents is 1. The molecular weight excluding hydrogens is 414 g/mol. The zero-order valence-corrected chi connectivity index (χ0v) is 17.2.